The number of thiophene rings is 1. The Morgan fingerprint density at radius 2 is 1.23 bits per heavy atom. The van der Waals surface area contributed by atoms with E-state index in [4.69, 9.17) is 0 Å². The minimum Gasteiger partial charge on any atom is -0.152 e. The molecule has 1 aromatic rings. The summed E-state index contributed by atoms with van der Waals surface area (Å²) in [5, 5.41) is 4.08. The zero-order chi connectivity index (χ0) is 9.19. The first-order valence-corrected chi connectivity index (χ1v) is 6.06. The van der Waals surface area contributed by atoms with Crippen molar-refractivity contribution in [1.29, 1.82) is 0 Å². The molecule has 0 saturated heterocycles. The highest BCUT2D eigenvalue weighted by atomic mass is 32.1. The van der Waals surface area contributed by atoms with Crippen LogP contribution in [0.3, 0.4) is 0 Å². The lowest BCUT2D eigenvalue weighted by Gasteiger charge is -2.00. The monoisotopic (exact) mass is 194 g/mol. The zero-order valence-electron chi connectivity index (χ0n) is 8.11. The molecule has 13 heavy (non-hydrogen) atoms. The summed E-state index contributed by atoms with van der Waals surface area (Å²) in [6, 6.07) is 4.04. The first-order valence-electron chi connectivity index (χ1n) is 5.12. The second-order valence-corrected chi connectivity index (χ2v) is 4.07. The van der Waals surface area contributed by atoms with Crippen molar-refractivity contribution in [2.75, 3.05) is 0 Å². The van der Waals surface area contributed by atoms with Crippen LogP contribution < -0.4 is 0 Å². The molecule has 0 aliphatic heterocycles. The van der Waals surface area contributed by atoms with E-state index in [1.807, 2.05) is 22.9 Å². The Morgan fingerprint density at radius 1 is 0.692 bits per heavy atom. The summed E-state index contributed by atoms with van der Waals surface area (Å²) < 4.78 is 0. The van der Waals surface area contributed by atoms with Gasteiger partial charge in [-0.1, -0.05) is 37.1 Å². The van der Waals surface area contributed by atoms with Gasteiger partial charge in [0.05, 0.1) is 0 Å². The van der Waals surface area contributed by atoms with E-state index < -0.39 is 0 Å². The molecule has 1 heterocycles. The molecule has 0 unspecified atom stereocenters. The van der Waals surface area contributed by atoms with Crippen molar-refractivity contribution in [2.24, 2.45) is 0 Å². The lowest BCUT2D eigenvalue weighted by atomic mass is 10.1. The number of hydrogen-bond acceptors (Lipinski definition) is 1. The van der Waals surface area contributed by atoms with Gasteiger partial charge in [-0.05, 0) is 36.4 Å². The van der Waals surface area contributed by atoms with E-state index in [0.29, 0.717) is 0 Å². The van der Waals surface area contributed by atoms with E-state index in [-0.39, 0.29) is 0 Å². The Hall–Kier alpha value is -0.560. The minimum atomic E-state index is 1.32. The fraction of sp³-hybridized carbons (Fsp3) is 0.500. The highest BCUT2D eigenvalue weighted by Crippen LogP contribution is 2.09. The van der Waals surface area contributed by atoms with Crippen molar-refractivity contribution < 1.29 is 0 Å². The van der Waals surface area contributed by atoms with Gasteiger partial charge in [-0.2, -0.15) is 11.3 Å². The maximum absolute atomic E-state index is 2.32. The van der Waals surface area contributed by atoms with E-state index in [1.165, 1.54) is 38.5 Å². The molecular weight excluding hydrogens is 176 g/mol. The van der Waals surface area contributed by atoms with Crippen LogP contribution in [-0.4, -0.2) is 0 Å². The van der Waals surface area contributed by atoms with Crippen LogP contribution in [0.25, 0.3) is 0 Å². The lowest BCUT2D eigenvalue weighted by Crippen LogP contribution is -1.80. The maximum Gasteiger partial charge on any atom is -0.00934 e. The van der Waals surface area contributed by atoms with Gasteiger partial charge in [-0.25, -0.2) is 0 Å². The Balaban J connectivity index is 0.000000145. The van der Waals surface area contributed by atoms with Gasteiger partial charge in [0.1, 0.15) is 0 Å². The molecule has 0 radical (unpaired) electrons. The molecule has 0 amide bonds. The van der Waals surface area contributed by atoms with E-state index in [1.54, 1.807) is 11.3 Å². The normalized spacial score (nSPS) is 16.6. The van der Waals surface area contributed by atoms with Crippen LogP contribution in [0.4, 0.5) is 0 Å². The average Bonchev–Trinajstić information content (AvgIpc) is 2.58. The van der Waals surface area contributed by atoms with Gasteiger partial charge < -0.3 is 0 Å². The van der Waals surface area contributed by atoms with Crippen LogP contribution in [-0.2, 0) is 0 Å². The molecule has 2 rings (SSSR count). The van der Waals surface area contributed by atoms with E-state index in [9.17, 15) is 0 Å². The SMILES string of the molecule is C1=CCCCCCC1.c1ccsc1. The summed E-state index contributed by atoms with van der Waals surface area (Å²) in [6.07, 6.45) is 13.0. The molecular formula is C12H18S. The summed E-state index contributed by atoms with van der Waals surface area (Å²) >= 11 is 1.71. The van der Waals surface area contributed by atoms with Crippen molar-refractivity contribution in [2.45, 2.75) is 38.5 Å². The van der Waals surface area contributed by atoms with Crippen LogP contribution in [0.2, 0.25) is 0 Å². The predicted molar refractivity (Wildman–Crippen MR) is 61.2 cm³/mol. The molecule has 0 saturated carbocycles. The third-order valence-electron chi connectivity index (χ3n) is 2.08. The van der Waals surface area contributed by atoms with Crippen molar-refractivity contribution in [3.05, 3.63) is 35.0 Å². The summed E-state index contributed by atoms with van der Waals surface area (Å²) in [5.74, 6) is 0. The van der Waals surface area contributed by atoms with Crippen LogP contribution in [0.15, 0.2) is 35.0 Å². The molecule has 0 nitrogen and oxygen atoms in total. The van der Waals surface area contributed by atoms with Gasteiger partial charge in [-0.3, -0.25) is 0 Å². The standard InChI is InChI=1S/C8H14.C4H4S/c1-2-4-6-8-7-5-3-1;1-2-4-5-3-1/h1-2H,3-8H2;1-4H. The van der Waals surface area contributed by atoms with Crippen molar-refractivity contribution in [3.8, 4) is 0 Å². The molecule has 0 N–H and O–H groups in total. The summed E-state index contributed by atoms with van der Waals surface area (Å²) in [6.45, 7) is 0. The van der Waals surface area contributed by atoms with Crippen LogP contribution in [0, 0.1) is 0 Å². The number of rotatable bonds is 0. The largest absolute Gasteiger partial charge is 0.152 e. The summed E-state index contributed by atoms with van der Waals surface area (Å²) in [7, 11) is 0. The smallest absolute Gasteiger partial charge is 0.00934 e. The van der Waals surface area contributed by atoms with E-state index >= 15 is 0 Å². The molecule has 0 atom stereocenters. The number of allylic oxidation sites excluding steroid dienone is 2. The molecule has 1 aliphatic rings. The molecule has 1 aromatic heterocycles. The van der Waals surface area contributed by atoms with Crippen LogP contribution in [0.1, 0.15) is 38.5 Å². The molecule has 72 valence electrons. The van der Waals surface area contributed by atoms with Crippen molar-refractivity contribution in [1.82, 2.24) is 0 Å². The molecule has 0 aromatic carbocycles. The second-order valence-electron chi connectivity index (χ2n) is 3.26. The molecule has 1 heteroatoms. The zero-order valence-corrected chi connectivity index (χ0v) is 8.93. The fourth-order valence-corrected chi connectivity index (χ4v) is 1.79. The fourth-order valence-electron chi connectivity index (χ4n) is 1.34. The Bertz CT molecular complexity index is 172. The third kappa shape index (κ3) is 6.59. The average molecular weight is 194 g/mol. The highest BCUT2D eigenvalue weighted by Gasteiger charge is 1.89. The third-order valence-corrected chi connectivity index (χ3v) is 2.71. The van der Waals surface area contributed by atoms with Gasteiger partial charge in [0, 0.05) is 0 Å². The lowest BCUT2D eigenvalue weighted by molar-refractivity contribution is 0.638. The molecule has 1 aliphatic carbocycles. The van der Waals surface area contributed by atoms with Crippen LogP contribution in [0.5, 0.6) is 0 Å². The van der Waals surface area contributed by atoms with Gasteiger partial charge in [0.15, 0.2) is 0 Å². The molecule has 0 fully saturated rings. The summed E-state index contributed by atoms with van der Waals surface area (Å²) in [5.41, 5.74) is 0. The minimum absolute atomic E-state index is 1.32. The quantitative estimate of drug-likeness (QED) is 0.528. The van der Waals surface area contributed by atoms with Crippen LogP contribution >= 0.6 is 11.3 Å². The van der Waals surface area contributed by atoms with Crippen molar-refractivity contribution in [3.63, 3.8) is 0 Å². The number of hydrogen-bond donors (Lipinski definition) is 0. The van der Waals surface area contributed by atoms with Gasteiger partial charge in [-0.15, -0.1) is 0 Å². The van der Waals surface area contributed by atoms with Gasteiger partial charge in [0.25, 0.3) is 0 Å². The highest BCUT2D eigenvalue weighted by molar-refractivity contribution is 7.07. The molecule has 0 spiro atoms. The second kappa shape index (κ2) is 8.06. The molecule has 0 bridgehead atoms. The topological polar surface area (TPSA) is 0 Å². The van der Waals surface area contributed by atoms with Gasteiger partial charge in [0.2, 0.25) is 0 Å². The first kappa shape index (κ1) is 10.5. The van der Waals surface area contributed by atoms with Crippen molar-refractivity contribution >= 4 is 11.3 Å². The Kier molecular flexibility index (Phi) is 6.52. The Morgan fingerprint density at radius 3 is 1.62 bits per heavy atom. The van der Waals surface area contributed by atoms with Gasteiger partial charge >= 0.3 is 0 Å². The maximum atomic E-state index is 2.32. The predicted octanol–water partition coefficient (Wildman–Crippen LogP) is 4.64. The van der Waals surface area contributed by atoms with E-state index in [0.717, 1.165) is 0 Å². The van der Waals surface area contributed by atoms with E-state index in [2.05, 4.69) is 12.2 Å². The first-order chi connectivity index (χ1) is 6.50. The summed E-state index contributed by atoms with van der Waals surface area (Å²) in [4.78, 5) is 0. The Labute approximate surface area is 85.3 Å².